The van der Waals surface area contributed by atoms with Gasteiger partial charge in [-0.1, -0.05) is 27.7 Å². The Balaban J connectivity index is 1.05. The van der Waals surface area contributed by atoms with Gasteiger partial charge in [0.15, 0.2) is 23.8 Å². The molecule has 8 saturated heterocycles. The van der Waals surface area contributed by atoms with Crippen LogP contribution in [0, 0.1) is 53.3 Å². The van der Waals surface area contributed by atoms with E-state index in [-0.39, 0.29) is 48.4 Å². The zero-order valence-corrected chi connectivity index (χ0v) is 29.0. The summed E-state index contributed by atoms with van der Waals surface area (Å²) in [6.45, 7) is 13.1. The molecule has 8 heterocycles. The van der Waals surface area contributed by atoms with Crippen molar-refractivity contribution in [1.82, 2.24) is 0 Å². The molecule has 2 spiro atoms. The van der Waals surface area contributed by atoms with Gasteiger partial charge < -0.3 is 28.8 Å². The Morgan fingerprint density at radius 2 is 1.17 bits per heavy atom. The minimum Gasteiger partial charge on any atom is -0.480 e. The lowest BCUT2D eigenvalue weighted by atomic mass is 9.56. The Hall–Kier alpha value is -0.890. The standard InChI is InChI=1S/C36H56O11/c1-19-7-9-26-21(3)28(40-31-35(26)24(19)11-13-33(5,42-31)44-46-35)15-23(17-39-18-30(37)38)16-29-22(4)27-10-8-20(2)25-12-14-34(6)43-32(41-29)36(25,27)47-45-34/h19-29,31-32H,7-18H2,1-6H3,(H,37,38)/t19-,20-,21-,22-,24+,25+,26+,27+,28-,29-,31-,32-,33+,34+,35-,36-/m1/s1. The maximum atomic E-state index is 11.5. The fraction of sp³-hybridized carbons (Fsp3) is 0.972. The van der Waals surface area contributed by atoms with E-state index >= 15 is 0 Å². The Kier molecular flexibility index (Phi) is 8.38. The molecule has 2 saturated carbocycles. The Morgan fingerprint density at radius 3 is 1.62 bits per heavy atom. The molecule has 2 aliphatic carbocycles. The number of rotatable bonds is 8. The fourth-order valence-corrected chi connectivity index (χ4v) is 11.7. The van der Waals surface area contributed by atoms with Gasteiger partial charge in [0.1, 0.15) is 6.61 Å². The first-order valence-electron chi connectivity index (χ1n) is 18.6. The first-order chi connectivity index (χ1) is 22.4. The van der Waals surface area contributed by atoms with Crippen LogP contribution < -0.4 is 0 Å². The SMILES string of the molecule is C[C@H]1[C@@H](CC(COCC(=O)O)C[C@H]2O[C@@H]3O[C@]4(C)CC[C@H]5[C@H](C)CC[C@@H]([C@H]2C)[C@@]35OO4)O[C@@H]2O[C@]3(C)CC[C@H]4[C@H](C)CC[C@@H]1[C@@]24OO3. The van der Waals surface area contributed by atoms with E-state index in [4.69, 9.17) is 43.2 Å². The number of hydrogen-bond acceptors (Lipinski definition) is 10. The molecule has 0 radical (unpaired) electrons. The van der Waals surface area contributed by atoms with Crippen molar-refractivity contribution in [2.24, 2.45) is 53.3 Å². The highest BCUT2D eigenvalue weighted by atomic mass is 17.3. The molecule has 0 aromatic heterocycles. The van der Waals surface area contributed by atoms with Crippen LogP contribution >= 0.6 is 0 Å². The van der Waals surface area contributed by atoms with Crippen molar-refractivity contribution < 1.29 is 53.1 Å². The predicted molar refractivity (Wildman–Crippen MR) is 165 cm³/mol. The van der Waals surface area contributed by atoms with Crippen molar-refractivity contribution in [2.45, 2.75) is 153 Å². The highest BCUT2D eigenvalue weighted by Gasteiger charge is 2.71. The number of fused-ring (bicyclic) bond motifs is 4. The summed E-state index contributed by atoms with van der Waals surface area (Å²) in [6.07, 6.45) is 8.06. The largest absolute Gasteiger partial charge is 0.480 e. The molecule has 0 unspecified atom stereocenters. The summed E-state index contributed by atoms with van der Waals surface area (Å²) >= 11 is 0. The van der Waals surface area contributed by atoms with Crippen molar-refractivity contribution in [2.75, 3.05) is 13.2 Å². The molecule has 266 valence electrons. The minimum absolute atomic E-state index is 0.000383. The molecule has 4 bridgehead atoms. The van der Waals surface area contributed by atoms with Gasteiger partial charge in [0, 0.05) is 24.7 Å². The van der Waals surface area contributed by atoms with Gasteiger partial charge in [0.05, 0.1) is 18.8 Å². The first kappa shape index (κ1) is 33.3. The van der Waals surface area contributed by atoms with Crippen LogP contribution in [-0.4, -0.2) is 71.9 Å². The van der Waals surface area contributed by atoms with E-state index in [1.54, 1.807) is 0 Å². The number of ether oxygens (including phenoxy) is 5. The highest BCUT2D eigenvalue weighted by Crippen LogP contribution is 2.63. The summed E-state index contributed by atoms with van der Waals surface area (Å²) in [5, 5.41) is 9.41. The summed E-state index contributed by atoms with van der Waals surface area (Å²) in [4.78, 5) is 36.3. The lowest BCUT2D eigenvalue weighted by molar-refractivity contribution is -0.571. The normalized spacial score (nSPS) is 55.4. The number of carbonyl (C=O) groups is 1. The molecule has 10 rings (SSSR count). The van der Waals surface area contributed by atoms with Crippen LogP contribution in [0.5, 0.6) is 0 Å². The smallest absolute Gasteiger partial charge is 0.329 e. The van der Waals surface area contributed by atoms with Gasteiger partial charge in [-0.3, -0.25) is 0 Å². The topological polar surface area (TPSA) is 120 Å². The summed E-state index contributed by atoms with van der Waals surface area (Å²) in [6, 6.07) is 0. The maximum absolute atomic E-state index is 11.5. The Labute approximate surface area is 278 Å². The molecule has 1 N–H and O–H groups in total. The van der Waals surface area contributed by atoms with Crippen LogP contribution in [0.15, 0.2) is 0 Å². The summed E-state index contributed by atoms with van der Waals surface area (Å²) in [5.74, 6) is -0.166. The third-order valence-corrected chi connectivity index (χ3v) is 14.3. The number of carboxylic acid groups (broad SMARTS) is 1. The van der Waals surface area contributed by atoms with E-state index in [0.29, 0.717) is 43.1 Å². The van der Waals surface area contributed by atoms with Crippen LogP contribution in [0.1, 0.15) is 106 Å². The van der Waals surface area contributed by atoms with Crippen molar-refractivity contribution >= 4 is 5.97 Å². The second kappa shape index (κ2) is 11.8. The van der Waals surface area contributed by atoms with Gasteiger partial charge in [-0.2, -0.15) is 0 Å². The van der Waals surface area contributed by atoms with E-state index in [0.717, 1.165) is 51.4 Å². The maximum Gasteiger partial charge on any atom is 0.329 e. The summed E-state index contributed by atoms with van der Waals surface area (Å²) in [7, 11) is 0. The zero-order chi connectivity index (χ0) is 32.9. The van der Waals surface area contributed by atoms with E-state index in [1.807, 2.05) is 13.8 Å². The van der Waals surface area contributed by atoms with E-state index in [9.17, 15) is 9.90 Å². The molecule has 10 fully saturated rings. The van der Waals surface area contributed by atoms with Crippen LogP contribution in [0.25, 0.3) is 0 Å². The number of carboxylic acids is 1. The molecule has 0 aromatic carbocycles. The zero-order valence-electron chi connectivity index (χ0n) is 29.0. The summed E-state index contributed by atoms with van der Waals surface area (Å²) in [5.41, 5.74) is -1.23. The van der Waals surface area contributed by atoms with Crippen LogP contribution in [0.3, 0.4) is 0 Å². The van der Waals surface area contributed by atoms with Crippen molar-refractivity contribution in [3.63, 3.8) is 0 Å². The van der Waals surface area contributed by atoms with Crippen LogP contribution in [0.2, 0.25) is 0 Å². The molecule has 0 amide bonds. The third kappa shape index (κ3) is 5.19. The van der Waals surface area contributed by atoms with Crippen molar-refractivity contribution in [3.05, 3.63) is 0 Å². The van der Waals surface area contributed by atoms with Crippen LogP contribution in [-0.2, 0) is 48.0 Å². The van der Waals surface area contributed by atoms with Crippen molar-refractivity contribution in [1.29, 1.82) is 0 Å². The molecular weight excluding hydrogens is 608 g/mol. The van der Waals surface area contributed by atoms with Gasteiger partial charge in [-0.15, -0.1) is 0 Å². The van der Waals surface area contributed by atoms with Crippen LogP contribution in [0.4, 0.5) is 0 Å². The quantitative estimate of drug-likeness (QED) is 0.308. The highest BCUT2D eigenvalue weighted by molar-refractivity contribution is 5.67. The summed E-state index contributed by atoms with van der Waals surface area (Å²) < 4.78 is 33.0. The lowest BCUT2D eigenvalue weighted by Crippen LogP contribution is -2.70. The second-order valence-corrected chi connectivity index (χ2v) is 17.1. The molecule has 16 atom stereocenters. The monoisotopic (exact) mass is 664 g/mol. The van der Waals surface area contributed by atoms with Gasteiger partial charge in [-0.25, -0.2) is 24.3 Å². The predicted octanol–water partition coefficient (Wildman–Crippen LogP) is 5.99. The van der Waals surface area contributed by atoms with E-state index < -0.39 is 41.3 Å². The van der Waals surface area contributed by atoms with E-state index in [2.05, 4.69) is 27.7 Å². The average molecular weight is 665 g/mol. The minimum atomic E-state index is -0.969. The molecule has 0 aromatic rings. The molecule has 11 heteroatoms. The fourth-order valence-electron chi connectivity index (χ4n) is 11.7. The van der Waals surface area contributed by atoms with Crippen molar-refractivity contribution in [3.8, 4) is 0 Å². The molecular formula is C36H56O11. The average Bonchev–Trinajstić information content (AvgIpc) is 3.39. The first-order valence-corrected chi connectivity index (χ1v) is 18.6. The lowest BCUT2D eigenvalue weighted by Gasteiger charge is -2.61. The third-order valence-electron chi connectivity index (χ3n) is 14.3. The number of hydrogen-bond donors (Lipinski definition) is 1. The van der Waals surface area contributed by atoms with Gasteiger partial charge >= 0.3 is 5.97 Å². The molecule has 10 aliphatic rings. The van der Waals surface area contributed by atoms with Gasteiger partial charge in [0.25, 0.3) is 0 Å². The molecule has 47 heavy (non-hydrogen) atoms. The number of aliphatic carboxylic acids is 1. The van der Waals surface area contributed by atoms with E-state index in [1.165, 1.54) is 0 Å². The molecule has 8 aliphatic heterocycles. The molecule has 11 nitrogen and oxygen atoms in total. The Morgan fingerprint density at radius 1 is 0.702 bits per heavy atom. The Bertz CT molecular complexity index is 1120. The van der Waals surface area contributed by atoms with Gasteiger partial charge in [0.2, 0.25) is 11.6 Å². The second-order valence-electron chi connectivity index (χ2n) is 17.1. The van der Waals surface area contributed by atoms with Gasteiger partial charge in [-0.05, 0) is 107 Å².